The predicted octanol–water partition coefficient (Wildman–Crippen LogP) is 4.32. The molecule has 118 valence electrons. The van der Waals surface area contributed by atoms with Crippen LogP contribution in [0.5, 0.6) is 5.75 Å². The molecular formula is C17H16ClN3O2. The highest BCUT2D eigenvalue weighted by atomic mass is 35.5. The van der Waals surface area contributed by atoms with Crippen molar-refractivity contribution in [2.24, 2.45) is 0 Å². The van der Waals surface area contributed by atoms with Crippen LogP contribution in [0.25, 0.3) is 11.4 Å². The van der Waals surface area contributed by atoms with Gasteiger partial charge < -0.3 is 14.6 Å². The van der Waals surface area contributed by atoms with Gasteiger partial charge in [0.2, 0.25) is 11.7 Å². The van der Waals surface area contributed by atoms with Crippen LogP contribution in [0.3, 0.4) is 0 Å². The Kier molecular flexibility index (Phi) is 4.48. The van der Waals surface area contributed by atoms with E-state index in [1.54, 1.807) is 7.11 Å². The average molecular weight is 330 g/mol. The summed E-state index contributed by atoms with van der Waals surface area (Å²) in [6.45, 7) is 2.39. The van der Waals surface area contributed by atoms with E-state index in [-0.39, 0.29) is 0 Å². The summed E-state index contributed by atoms with van der Waals surface area (Å²) in [5.74, 6) is 1.85. The average Bonchev–Trinajstić information content (AvgIpc) is 3.05. The molecule has 23 heavy (non-hydrogen) atoms. The van der Waals surface area contributed by atoms with Crippen LogP contribution in [0.1, 0.15) is 11.5 Å². The summed E-state index contributed by atoms with van der Waals surface area (Å²) in [4.78, 5) is 4.39. The number of halogens is 1. The minimum Gasteiger partial charge on any atom is -0.497 e. The number of nitrogens with one attached hydrogen (secondary N) is 1. The molecule has 0 saturated carbocycles. The van der Waals surface area contributed by atoms with Gasteiger partial charge in [0.15, 0.2) is 0 Å². The Labute approximate surface area is 139 Å². The monoisotopic (exact) mass is 329 g/mol. The van der Waals surface area contributed by atoms with Crippen molar-refractivity contribution in [3.63, 3.8) is 0 Å². The Morgan fingerprint density at radius 2 is 1.96 bits per heavy atom. The van der Waals surface area contributed by atoms with Crippen LogP contribution in [0.2, 0.25) is 5.02 Å². The van der Waals surface area contributed by atoms with Crippen LogP contribution >= 0.6 is 11.6 Å². The number of nitrogens with zero attached hydrogens (tertiary/aromatic N) is 2. The van der Waals surface area contributed by atoms with E-state index < -0.39 is 0 Å². The summed E-state index contributed by atoms with van der Waals surface area (Å²) < 4.78 is 10.4. The molecule has 0 aliphatic heterocycles. The third kappa shape index (κ3) is 3.46. The molecule has 0 aliphatic rings. The minimum absolute atomic E-state index is 0.435. The molecule has 0 saturated heterocycles. The van der Waals surface area contributed by atoms with Crippen LogP contribution in [0.4, 0.5) is 5.69 Å². The molecule has 0 radical (unpaired) electrons. The molecular weight excluding hydrogens is 314 g/mol. The summed E-state index contributed by atoms with van der Waals surface area (Å²) >= 11 is 6.10. The third-order valence-corrected chi connectivity index (χ3v) is 3.92. The molecule has 0 atom stereocenters. The van der Waals surface area contributed by atoms with Crippen LogP contribution < -0.4 is 10.1 Å². The molecule has 0 unspecified atom stereocenters. The topological polar surface area (TPSA) is 60.2 Å². The highest BCUT2D eigenvalue weighted by Crippen LogP contribution is 2.24. The van der Waals surface area contributed by atoms with Crippen LogP contribution in [-0.2, 0) is 6.54 Å². The SMILES string of the molecule is COc1ccc(-c2noc(CNc3cccc(Cl)c3C)n2)cc1. The molecule has 3 aromatic rings. The first-order valence-electron chi connectivity index (χ1n) is 7.13. The molecule has 1 heterocycles. The second-order valence-electron chi connectivity index (χ2n) is 5.01. The second-order valence-corrected chi connectivity index (χ2v) is 5.41. The van der Waals surface area contributed by atoms with Crippen molar-refractivity contribution in [1.29, 1.82) is 0 Å². The molecule has 6 heteroatoms. The maximum Gasteiger partial charge on any atom is 0.246 e. The number of rotatable bonds is 5. The van der Waals surface area contributed by atoms with E-state index in [2.05, 4.69) is 15.5 Å². The van der Waals surface area contributed by atoms with E-state index in [0.717, 1.165) is 27.6 Å². The molecule has 0 aliphatic carbocycles. The fourth-order valence-electron chi connectivity index (χ4n) is 2.15. The fourth-order valence-corrected chi connectivity index (χ4v) is 2.33. The van der Waals surface area contributed by atoms with E-state index in [1.807, 2.05) is 49.4 Å². The summed E-state index contributed by atoms with van der Waals surface area (Å²) in [6.07, 6.45) is 0. The van der Waals surface area contributed by atoms with Gasteiger partial charge in [-0.25, -0.2) is 0 Å². The molecule has 0 bridgehead atoms. The van der Waals surface area contributed by atoms with Crippen molar-refractivity contribution >= 4 is 17.3 Å². The molecule has 1 N–H and O–H groups in total. The third-order valence-electron chi connectivity index (χ3n) is 3.51. The first kappa shape index (κ1) is 15.4. The normalized spacial score (nSPS) is 10.6. The lowest BCUT2D eigenvalue weighted by molar-refractivity contribution is 0.384. The number of ether oxygens (including phenoxy) is 1. The second kappa shape index (κ2) is 6.71. The molecule has 2 aromatic carbocycles. The maximum absolute atomic E-state index is 6.10. The Morgan fingerprint density at radius 1 is 1.17 bits per heavy atom. The highest BCUT2D eigenvalue weighted by molar-refractivity contribution is 6.31. The van der Waals surface area contributed by atoms with Gasteiger partial charge in [-0.1, -0.05) is 22.8 Å². The summed E-state index contributed by atoms with van der Waals surface area (Å²) in [6, 6.07) is 13.2. The zero-order valence-electron chi connectivity index (χ0n) is 12.8. The lowest BCUT2D eigenvalue weighted by Crippen LogP contribution is -2.01. The van der Waals surface area contributed by atoms with Gasteiger partial charge in [0, 0.05) is 16.3 Å². The van der Waals surface area contributed by atoms with E-state index in [4.69, 9.17) is 20.9 Å². The minimum atomic E-state index is 0.435. The van der Waals surface area contributed by atoms with Crippen molar-refractivity contribution in [1.82, 2.24) is 10.1 Å². The zero-order valence-corrected chi connectivity index (χ0v) is 13.6. The van der Waals surface area contributed by atoms with Crippen LogP contribution in [-0.4, -0.2) is 17.3 Å². The van der Waals surface area contributed by atoms with Gasteiger partial charge in [-0.15, -0.1) is 0 Å². The number of hydrogen-bond acceptors (Lipinski definition) is 5. The first-order chi connectivity index (χ1) is 11.2. The van der Waals surface area contributed by atoms with E-state index in [9.17, 15) is 0 Å². The van der Waals surface area contributed by atoms with Crippen molar-refractivity contribution < 1.29 is 9.26 Å². The highest BCUT2D eigenvalue weighted by Gasteiger charge is 2.09. The molecule has 1 aromatic heterocycles. The number of methoxy groups -OCH3 is 1. The Bertz CT molecular complexity index is 800. The molecule has 5 nitrogen and oxygen atoms in total. The number of benzene rings is 2. The van der Waals surface area contributed by atoms with Gasteiger partial charge >= 0.3 is 0 Å². The van der Waals surface area contributed by atoms with Gasteiger partial charge in [0.05, 0.1) is 13.7 Å². The van der Waals surface area contributed by atoms with Crippen LogP contribution in [0, 0.1) is 6.92 Å². The fraction of sp³-hybridized carbons (Fsp3) is 0.176. The van der Waals surface area contributed by atoms with E-state index >= 15 is 0 Å². The smallest absolute Gasteiger partial charge is 0.246 e. The maximum atomic E-state index is 6.10. The van der Waals surface area contributed by atoms with Crippen molar-refractivity contribution in [3.05, 3.63) is 58.9 Å². The molecule has 0 amide bonds. The molecule has 0 fully saturated rings. The summed E-state index contributed by atoms with van der Waals surface area (Å²) in [5.41, 5.74) is 2.81. The lowest BCUT2D eigenvalue weighted by atomic mass is 10.2. The predicted molar refractivity (Wildman–Crippen MR) is 89.8 cm³/mol. The Balaban J connectivity index is 1.70. The van der Waals surface area contributed by atoms with Gasteiger partial charge in [-0.05, 0) is 48.9 Å². The molecule has 3 rings (SSSR count). The van der Waals surface area contributed by atoms with E-state index in [1.165, 1.54) is 0 Å². The largest absolute Gasteiger partial charge is 0.497 e. The first-order valence-corrected chi connectivity index (χ1v) is 7.51. The Morgan fingerprint density at radius 3 is 2.70 bits per heavy atom. The van der Waals surface area contributed by atoms with Gasteiger partial charge in [0.25, 0.3) is 0 Å². The molecule has 0 spiro atoms. The van der Waals surface area contributed by atoms with Gasteiger partial charge in [-0.3, -0.25) is 0 Å². The van der Waals surface area contributed by atoms with E-state index in [0.29, 0.717) is 18.3 Å². The summed E-state index contributed by atoms with van der Waals surface area (Å²) in [5, 5.41) is 7.98. The van der Waals surface area contributed by atoms with Gasteiger partial charge in [-0.2, -0.15) is 4.98 Å². The van der Waals surface area contributed by atoms with Gasteiger partial charge in [0.1, 0.15) is 5.75 Å². The Hall–Kier alpha value is -2.53. The van der Waals surface area contributed by atoms with Crippen molar-refractivity contribution in [2.45, 2.75) is 13.5 Å². The number of hydrogen-bond donors (Lipinski definition) is 1. The number of anilines is 1. The van der Waals surface area contributed by atoms with Crippen molar-refractivity contribution in [2.75, 3.05) is 12.4 Å². The zero-order chi connectivity index (χ0) is 16.2. The van der Waals surface area contributed by atoms with Crippen LogP contribution in [0.15, 0.2) is 47.0 Å². The standard InChI is InChI=1S/C17H16ClN3O2/c1-11-14(18)4-3-5-15(11)19-10-16-20-17(21-23-16)12-6-8-13(22-2)9-7-12/h3-9,19H,10H2,1-2H3. The quantitative estimate of drug-likeness (QED) is 0.755. The summed E-state index contributed by atoms with van der Waals surface area (Å²) in [7, 11) is 1.63. The number of aromatic nitrogens is 2. The van der Waals surface area contributed by atoms with Crippen molar-refractivity contribution in [3.8, 4) is 17.1 Å². The lowest BCUT2D eigenvalue weighted by Gasteiger charge is -2.08.